The Balaban J connectivity index is 1.71. The summed E-state index contributed by atoms with van der Waals surface area (Å²) < 4.78 is 1.73. The summed E-state index contributed by atoms with van der Waals surface area (Å²) in [6.07, 6.45) is 1.88. The van der Waals surface area contributed by atoms with Crippen molar-refractivity contribution in [1.29, 1.82) is 0 Å². The second kappa shape index (κ2) is 7.94. The zero-order valence-electron chi connectivity index (χ0n) is 15.8. The molecule has 1 atom stereocenters. The molecule has 0 aliphatic heterocycles. The Morgan fingerprint density at radius 3 is 2.78 bits per heavy atom. The maximum Gasteiger partial charge on any atom is 0.269 e. The quantitative estimate of drug-likeness (QED) is 0.682. The second-order valence-corrected chi connectivity index (χ2v) is 7.15. The largest absolute Gasteiger partial charge is 0.349 e. The van der Waals surface area contributed by atoms with Crippen molar-refractivity contribution in [3.63, 3.8) is 0 Å². The fourth-order valence-electron chi connectivity index (χ4n) is 3.02. The van der Waals surface area contributed by atoms with Crippen LogP contribution in [0.3, 0.4) is 0 Å². The Bertz CT molecular complexity index is 945. The van der Waals surface area contributed by atoms with Crippen molar-refractivity contribution >= 4 is 17.5 Å². The van der Waals surface area contributed by atoms with E-state index in [-0.39, 0.29) is 11.9 Å². The van der Waals surface area contributed by atoms with Gasteiger partial charge in [-0.15, -0.1) is 0 Å². The minimum absolute atomic E-state index is 0.00982. The number of nitrogens with zero attached hydrogens (tertiary/aromatic N) is 4. The SMILES string of the molecule is Cc1nn(C)cc1-c1cc(C(=O)NC[C@H](c2cccc(Cl)c2)N(C)C)[nH]n1. The van der Waals surface area contributed by atoms with Gasteiger partial charge in [0, 0.05) is 30.4 Å². The van der Waals surface area contributed by atoms with Gasteiger partial charge < -0.3 is 10.2 Å². The molecule has 3 aromatic rings. The Labute approximate surface area is 163 Å². The molecule has 7 nitrogen and oxygen atoms in total. The third-order valence-corrected chi connectivity index (χ3v) is 4.66. The molecule has 3 rings (SSSR count). The van der Waals surface area contributed by atoms with Gasteiger partial charge in [0.15, 0.2) is 0 Å². The van der Waals surface area contributed by atoms with Crippen LogP contribution in [0.1, 0.15) is 27.8 Å². The highest BCUT2D eigenvalue weighted by Gasteiger charge is 2.18. The molecule has 0 saturated carbocycles. The molecule has 142 valence electrons. The summed E-state index contributed by atoms with van der Waals surface area (Å²) in [5.74, 6) is -0.204. The van der Waals surface area contributed by atoms with E-state index in [9.17, 15) is 4.79 Å². The average molecular weight is 387 g/mol. The number of aryl methyl sites for hydroxylation is 2. The van der Waals surface area contributed by atoms with Crippen LogP contribution in [-0.2, 0) is 7.05 Å². The molecular weight excluding hydrogens is 364 g/mol. The van der Waals surface area contributed by atoms with E-state index >= 15 is 0 Å². The number of hydrogen-bond acceptors (Lipinski definition) is 4. The minimum atomic E-state index is -0.204. The van der Waals surface area contributed by atoms with Crippen molar-refractivity contribution in [3.05, 3.63) is 58.5 Å². The van der Waals surface area contributed by atoms with E-state index in [1.54, 1.807) is 10.7 Å². The number of nitrogens with one attached hydrogen (secondary N) is 2. The number of benzene rings is 1. The number of halogens is 1. The van der Waals surface area contributed by atoms with E-state index in [2.05, 4.69) is 20.6 Å². The summed E-state index contributed by atoms with van der Waals surface area (Å²) in [4.78, 5) is 14.6. The maximum atomic E-state index is 12.6. The van der Waals surface area contributed by atoms with Crippen molar-refractivity contribution in [2.45, 2.75) is 13.0 Å². The molecule has 1 aromatic carbocycles. The van der Waals surface area contributed by atoms with Gasteiger partial charge in [0.25, 0.3) is 5.91 Å². The molecule has 0 bridgehead atoms. The van der Waals surface area contributed by atoms with Gasteiger partial charge >= 0.3 is 0 Å². The van der Waals surface area contributed by atoms with Crippen LogP contribution in [0.25, 0.3) is 11.3 Å². The third-order valence-electron chi connectivity index (χ3n) is 4.42. The van der Waals surface area contributed by atoms with Gasteiger partial charge in [-0.05, 0) is 44.8 Å². The molecule has 1 amide bonds. The molecule has 8 heteroatoms. The van der Waals surface area contributed by atoms with Gasteiger partial charge in [-0.25, -0.2) is 0 Å². The van der Waals surface area contributed by atoms with Crippen molar-refractivity contribution < 1.29 is 4.79 Å². The topological polar surface area (TPSA) is 78.8 Å². The van der Waals surface area contributed by atoms with Crippen LogP contribution in [-0.4, -0.2) is 51.4 Å². The van der Waals surface area contributed by atoms with E-state index in [0.717, 1.165) is 16.8 Å². The normalized spacial score (nSPS) is 12.4. The van der Waals surface area contributed by atoms with Crippen LogP contribution >= 0.6 is 11.6 Å². The first-order valence-corrected chi connectivity index (χ1v) is 8.99. The first-order valence-electron chi connectivity index (χ1n) is 8.61. The lowest BCUT2D eigenvalue weighted by Gasteiger charge is -2.25. The van der Waals surface area contributed by atoms with Crippen molar-refractivity contribution in [2.75, 3.05) is 20.6 Å². The molecule has 27 heavy (non-hydrogen) atoms. The summed E-state index contributed by atoms with van der Waals surface area (Å²) in [5.41, 5.74) is 3.92. The van der Waals surface area contributed by atoms with Gasteiger partial charge in [0.2, 0.25) is 0 Å². The molecule has 0 spiro atoms. The maximum absolute atomic E-state index is 12.6. The van der Waals surface area contributed by atoms with Crippen LogP contribution in [0, 0.1) is 6.92 Å². The van der Waals surface area contributed by atoms with Crippen molar-refractivity contribution in [3.8, 4) is 11.3 Å². The van der Waals surface area contributed by atoms with E-state index in [4.69, 9.17) is 11.6 Å². The monoisotopic (exact) mass is 386 g/mol. The first kappa shape index (κ1) is 19.1. The van der Waals surface area contributed by atoms with Gasteiger partial charge in [-0.2, -0.15) is 10.2 Å². The average Bonchev–Trinajstić information content (AvgIpc) is 3.21. The minimum Gasteiger partial charge on any atom is -0.349 e. The van der Waals surface area contributed by atoms with Crippen molar-refractivity contribution in [1.82, 2.24) is 30.2 Å². The van der Waals surface area contributed by atoms with E-state index in [1.165, 1.54) is 0 Å². The van der Waals surface area contributed by atoms with E-state index in [0.29, 0.717) is 23.0 Å². The van der Waals surface area contributed by atoms with Gasteiger partial charge in [-0.1, -0.05) is 23.7 Å². The van der Waals surface area contributed by atoms with Crippen LogP contribution in [0.4, 0.5) is 0 Å². The Hall–Kier alpha value is -2.64. The fraction of sp³-hybridized carbons (Fsp3) is 0.316. The third kappa shape index (κ3) is 4.37. The Kier molecular flexibility index (Phi) is 5.62. The summed E-state index contributed by atoms with van der Waals surface area (Å²) in [6.45, 7) is 2.36. The standard InChI is InChI=1S/C19H23ClN6O/c1-12-15(11-26(4)24-12)16-9-17(23-22-16)19(27)21-10-18(25(2)3)13-6-5-7-14(20)8-13/h5-9,11,18H,10H2,1-4H3,(H,21,27)(H,22,23)/t18-/m1/s1. The molecular formula is C19H23ClN6O. The lowest BCUT2D eigenvalue weighted by atomic mass is 10.1. The van der Waals surface area contributed by atoms with Gasteiger partial charge in [-0.3, -0.25) is 14.6 Å². The molecule has 2 heterocycles. The van der Waals surface area contributed by atoms with E-state index < -0.39 is 0 Å². The molecule has 2 aromatic heterocycles. The molecule has 0 aliphatic rings. The predicted molar refractivity (Wildman–Crippen MR) is 106 cm³/mol. The summed E-state index contributed by atoms with van der Waals surface area (Å²) in [6, 6.07) is 9.41. The van der Waals surface area contributed by atoms with Crippen LogP contribution in [0.2, 0.25) is 5.02 Å². The molecule has 0 fully saturated rings. The highest BCUT2D eigenvalue weighted by Crippen LogP contribution is 2.22. The second-order valence-electron chi connectivity index (χ2n) is 6.71. The van der Waals surface area contributed by atoms with Crippen LogP contribution in [0.5, 0.6) is 0 Å². The summed E-state index contributed by atoms with van der Waals surface area (Å²) >= 11 is 6.10. The zero-order valence-corrected chi connectivity index (χ0v) is 16.6. The number of amides is 1. The van der Waals surface area contributed by atoms with Crippen molar-refractivity contribution in [2.24, 2.45) is 7.05 Å². The smallest absolute Gasteiger partial charge is 0.269 e. The summed E-state index contributed by atoms with van der Waals surface area (Å²) in [5, 5.41) is 15.0. The van der Waals surface area contributed by atoms with E-state index in [1.807, 2.05) is 63.4 Å². The highest BCUT2D eigenvalue weighted by atomic mass is 35.5. The lowest BCUT2D eigenvalue weighted by Crippen LogP contribution is -2.34. The lowest BCUT2D eigenvalue weighted by molar-refractivity contribution is 0.0937. The molecule has 2 N–H and O–H groups in total. The first-order chi connectivity index (χ1) is 12.8. The number of likely N-dealkylation sites (N-methyl/N-ethyl adjacent to an activating group) is 1. The molecule has 0 radical (unpaired) electrons. The number of carbonyl (C=O) groups is 1. The van der Waals surface area contributed by atoms with Crippen LogP contribution in [0.15, 0.2) is 36.5 Å². The molecule has 0 unspecified atom stereocenters. The zero-order chi connectivity index (χ0) is 19.6. The number of hydrogen-bond donors (Lipinski definition) is 2. The Morgan fingerprint density at radius 1 is 1.37 bits per heavy atom. The fourth-order valence-corrected chi connectivity index (χ4v) is 3.22. The molecule has 0 aliphatic carbocycles. The van der Waals surface area contributed by atoms with Crippen LogP contribution < -0.4 is 5.32 Å². The predicted octanol–water partition coefficient (Wildman–Crippen LogP) is 2.80. The number of carbonyl (C=O) groups excluding carboxylic acids is 1. The number of aromatic nitrogens is 4. The van der Waals surface area contributed by atoms with Gasteiger partial charge in [0.05, 0.1) is 17.4 Å². The number of aromatic amines is 1. The number of rotatable bonds is 6. The molecule has 0 saturated heterocycles. The summed E-state index contributed by atoms with van der Waals surface area (Å²) in [7, 11) is 5.79. The Morgan fingerprint density at radius 2 is 2.15 bits per heavy atom. The van der Waals surface area contributed by atoms with Gasteiger partial charge in [0.1, 0.15) is 5.69 Å². The highest BCUT2D eigenvalue weighted by molar-refractivity contribution is 6.30. The number of H-pyrrole nitrogens is 1.